The SMILES string of the molecule is Cc1cccnc1CN1CCN(c2cc(N3CCCC3)ncn2)CC1. The Morgan fingerprint density at radius 1 is 0.880 bits per heavy atom. The molecule has 0 saturated carbocycles. The van der Waals surface area contributed by atoms with Gasteiger partial charge in [0.05, 0.1) is 5.69 Å². The molecule has 132 valence electrons. The van der Waals surface area contributed by atoms with Crippen LogP contribution < -0.4 is 9.80 Å². The van der Waals surface area contributed by atoms with Gasteiger partial charge in [0.25, 0.3) is 0 Å². The largest absolute Gasteiger partial charge is 0.356 e. The summed E-state index contributed by atoms with van der Waals surface area (Å²) in [6.07, 6.45) is 6.14. The Balaban J connectivity index is 1.37. The van der Waals surface area contributed by atoms with Crippen LogP contribution in [0.4, 0.5) is 11.6 Å². The average molecular weight is 338 g/mol. The molecule has 6 nitrogen and oxygen atoms in total. The van der Waals surface area contributed by atoms with E-state index in [4.69, 9.17) is 0 Å². The smallest absolute Gasteiger partial charge is 0.134 e. The fraction of sp³-hybridized carbons (Fsp3) is 0.526. The van der Waals surface area contributed by atoms with E-state index in [1.165, 1.54) is 24.1 Å². The Hall–Kier alpha value is -2.21. The first-order chi connectivity index (χ1) is 12.3. The quantitative estimate of drug-likeness (QED) is 0.851. The lowest BCUT2D eigenvalue weighted by atomic mass is 10.2. The van der Waals surface area contributed by atoms with E-state index in [1.54, 1.807) is 6.33 Å². The highest BCUT2D eigenvalue weighted by Crippen LogP contribution is 2.22. The van der Waals surface area contributed by atoms with Crippen LogP contribution in [0.25, 0.3) is 0 Å². The molecule has 0 unspecified atom stereocenters. The van der Waals surface area contributed by atoms with Crippen LogP contribution in [0.2, 0.25) is 0 Å². The van der Waals surface area contributed by atoms with E-state index in [0.717, 1.165) is 57.4 Å². The lowest BCUT2D eigenvalue weighted by Crippen LogP contribution is -2.46. The van der Waals surface area contributed by atoms with Crippen molar-refractivity contribution >= 4 is 11.6 Å². The third-order valence-electron chi connectivity index (χ3n) is 5.26. The van der Waals surface area contributed by atoms with Gasteiger partial charge in [-0.2, -0.15) is 0 Å². The minimum absolute atomic E-state index is 0.934. The van der Waals surface area contributed by atoms with Crippen LogP contribution in [-0.2, 0) is 6.54 Å². The van der Waals surface area contributed by atoms with Crippen molar-refractivity contribution in [3.05, 3.63) is 42.0 Å². The van der Waals surface area contributed by atoms with Crippen LogP contribution in [0.3, 0.4) is 0 Å². The second kappa shape index (κ2) is 7.35. The summed E-state index contributed by atoms with van der Waals surface area (Å²) in [5, 5.41) is 0. The van der Waals surface area contributed by atoms with E-state index in [0.29, 0.717) is 0 Å². The maximum absolute atomic E-state index is 4.52. The molecule has 0 N–H and O–H groups in total. The van der Waals surface area contributed by atoms with Crippen molar-refractivity contribution in [2.75, 3.05) is 49.1 Å². The topological polar surface area (TPSA) is 48.4 Å². The van der Waals surface area contributed by atoms with Crippen molar-refractivity contribution < 1.29 is 0 Å². The zero-order chi connectivity index (χ0) is 17.1. The number of rotatable bonds is 4. The second-order valence-corrected chi connectivity index (χ2v) is 6.96. The number of hydrogen-bond acceptors (Lipinski definition) is 6. The minimum Gasteiger partial charge on any atom is -0.356 e. The van der Waals surface area contributed by atoms with E-state index in [-0.39, 0.29) is 0 Å². The highest BCUT2D eigenvalue weighted by Gasteiger charge is 2.21. The van der Waals surface area contributed by atoms with Crippen molar-refractivity contribution in [2.45, 2.75) is 26.3 Å². The van der Waals surface area contributed by atoms with Crippen LogP contribution in [-0.4, -0.2) is 59.1 Å². The Bertz CT molecular complexity index is 705. The summed E-state index contributed by atoms with van der Waals surface area (Å²) in [6, 6.07) is 6.30. The fourth-order valence-corrected chi connectivity index (χ4v) is 3.66. The lowest BCUT2D eigenvalue weighted by Gasteiger charge is -2.35. The summed E-state index contributed by atoms with van der Waals surface area (Å²) in [6.45, 7) is 9.40. The summed E-state index contributed by atoms with van der Waals surface area (Å²) in [5.41, 5.74) is 2.46. The van der Waals surface area contributed by atoms with E-state index >= 15 is 0 Å². The summed E-state index contributed by atoms with van der Waals surface area (Å²) >= 11 is 0. The number of anilines is 2. The molecule has 4 rings (SSSR count). The molecule has 2 aliphatic rings. The van der Waals surface area contributed by atoms with Crippen molar-refractivity contribution in [2.24, 2.45) is 0 Å². The number of hydrogen-bond donors (Lipinski definition) is 0. The molecule has 0 amide bonds. The summed E-state index contributed by atoms with van der Waals surface area (Å²) in [5.74, 6) is 2.14. The van der Waals surface area contributed by atoms with Crippen LogP contribution in [0, 0.1) is 6.92 Å². The molecule has 0 radical (unpaired) electrons. The predicted octanol–water partition coefficient (Wildman–Crippen LogP) is 2.10. The first kappa shape index (κ1) is 16.3. The standard InChI is InChI=1S/C19H26N6/c1-16-5-4-6-20-17(16)14-23-9-11-25(12-10-23)19-13-18(21-15-22-19)24-7-2-3-8-24/h4-6,13,15H,2-3,7-12,14H2,1H3. The second-order valence-electron chi connectivity index (χ2n) is 6.96. The molecule has 2 aromatic heterocycles. The highest BCUT2D eigenvalue weighted by molar-refractivity contribution is 5.50. The molecule has 0 bridgehead atoms. The van der Waals surface area contributed by atoms with Crippen molar-refractivity contribution in [3.63, 3.8) is 0 Å². The molecule has 0 aromatic carbocycles. The molecule has 25 heavy (non-hydrogen) atoms. The molecule has 4 heterocycles. The molecule has 2 saturated heterocycles. The van der Waals surface area contributed by atoms with Gasteiger partial charge in [0.15, 0.2) is 0 Å². The Morgan fingerprint density at radius 3 is 2.24 bits per heavy atom. The van der Waals surface area contributed by atoms with Crippen molar-refractivity contribution in [1.29, 1.82) is 0 Å². The van der Waals surface area contributed by atoms with Gasteiger partial charge in [0.2, 0.25) is 0 Å². The number of nitrogens with zero attached hydrogens (tertiary/aromatic N) is 6. The maximum atomic E-state index is 4.52. The Morgan fingerprint density at radius 2 is 1.56 bits per heavy atom. The molecule has 0 atom stereocenters. The predicted molar refractivity (Wildman–Crippen MR) is 99.9 cm³/mol. The average Bonchev–Trinajstić information content (AvgIpc) is 3.19. The highest BCUT2D eigenvalue weighted by atomic mass is 15.3. The van der Waals surface area contributed by atoms with E-state index in [9.17, 15) is 0 Å². The molecule has 2 aliphatic heterocycles. The first-order valence-corrected chi connectivity index (χ1v) is 9.24. The van der Waals surface area contributed by atoms with Crippen LogP contribution in [0.5, 0.6) is 0 Å². The summed E-state index contributed by atoms with van der Waals surface area (Å²) < 4.78 is 0. The maximum Gasteiger partial charge on any atom is 0.134 e. The zero-order valence-electron chi connectivity index (χ0n) is 14.9. The summed E-state index contributed by atoms with van der Waals surface area (Å²) in [7, 11) is 0. The molecular formula is C19H26N6. The molecule has 2 aromatic rings. The van der Waals surface area contributed by atoms with Gasteiger partial charge in [-0.1, -0.05) is 6.07 Å². The third-order valence-corrected chi connectivity index (χ3v) is 5.26. The Kier molecular flexibility index (Phi) is 4.78. The van der Waals surface area contributed by atoms with Crippen molar-refractivity contribution in [1.82, 2.24) is 19.9 Å². The van der Waals surface area contributed by atoms with Gasteiger partial charge in [-0.15, -0.1) is 0 Å². The van der Waals surface area contributed by atoms with Gasteiger partial charge < -0.3 is 9.80 Å². The minimum atomic E-state index is 0.934. The van der Waals surface area contributed by atoms with E-state index < -0.39 is 0 Å². The molecule has 0 spiro atoms. The number of aromatic nitrogens is 3. The van der Waals surface area contributed by atoms with Gasteiger partial charge in [-0.3, -0.25) is 9.88 Å². The van der Waals surface area contributed by atoms with E-state index in [1.807, 2.05) is 12.3 Å². The molecular weight excluding hydrogens is 312 g/mol. The number of pyridine rings is 1. The third kappa shape index (κ3) is 3.74. The molecule has 0 aliphatic carbocycles. The van der Waals surface area contributed by atoms with Crippen molar-refractivity contribution in [3.8, 4) is 0 Å². The Labute approximate surface area is 149 Å². The number of piperazine rings is 1. The first-order valence-electron chi connectivity index (χ1n) is 9.24. The van der Waals surface area contributed by atoms with Crippen LogP contribution in [0.1, 0.15) is 24.1 Å². The van der Waals surface area contributed by atoms with Gasteiger partial charge in [-0.05, 0) is 31.4 Å². The van der Waals surface area contributed by atoms with Gasteiger partial charge in [-0.25, -0.2) is 9.97 Å². The lowest BCUT2D eigenvalue weighted by molar-refractivity contribution is 0.246. The zero-order valence-corrected chi connectivity index (χ0v) is 14.9. The van der Waals surface area contributed by atoms with Gasteiger partial charge in [0.1, 0.15) is 18.0 Å². The van der Waals surface area contributed by atoms with Gasteiger partial charge in [0, 0.05) is 58.1 Å². The normalized spacial score (nSPS) is 18.8. The monoisotopic (exact) mass is 338 g/mol. The summed E-state index contributed by atoms with van der Waals surface area (Å²) in [4.78, 5) is 20.7. The van der Waals surface area contributed by atoms with Crippen LogP contribution in [0.15, 0.2) is 30.7 Å². The van der Waals surface area contributed by atoms with Gasteiger partial charge >= 0.3 is 0 Å². The van der Waals surface area contributed by atoms with Crippen LogP contribution >= 0.6 is 0 Å². The molecule has 6 heteroatoms. The number of aryl methyl sites for hydroxylation is 1. The molecule has 2 fully saturated rings. The van der Waals surface area contributed by atoms with E-state index in [2.05, 4.69) is 48.7 Å². The fourth-order valence-electron chi connectivity index (χ4n) is 3.66.